The maximum absolute atomic E-state index is 11.6. The summed E-state index contributed by atoms with van der Waals surface area (Å²) in [4.78, 5) is 21.4. The largest absolute Gasteiger partial charge is 0.342 e. The van der Waals surface area contributed by atoms with Crippen molar-refractivity contribution in [2.45, 2.75) is 135 Å². The zero-order chi connectivity index (χ0) is 23.0. The van der Waals surface area contributed by atoms with Gasteiger partial charge >= 0.3 is 5.97 Å². The number of carbonyl (C=O) groups is 1. The van der Waals surface area contributed by atoms with E-state index in [-0.39, 0.29) is 5.97 Å². The molecule has 0 amide bonds. The van der Waals surface area contributed by atoms with Gasteiger partial charge in [0.25, 0.3) is 0 Å². The lowest BCUT2D eigenvalue weighted by Gasteiger charge is -2.22. The standard InChI is InChI=1S/C27H56NO3/c1-5-6-7-8-9-10-11-12-13-14-15-16-17-18-19-20-21-22-23-24-27(29)31-30-26-25-28(2,3)4/h5-26H2,1-4H3/q+1. The van der Waals surface area contributed by atoms with E-state index in [0.29, 0.717) is 13.0 Å². The quantitative estimate of drug-likeness (QED) is 0.0657. The number of nitrogens with zero attached hydrogens (tertiary/aromatic N) is 1. The van der Waals surface area contributed by atoms with Gasteiger partial charge in [0, 0.05) is 6.42 Å². The number of carbonyl (C=O) groups excluding carboxylic acids is 1. The van der Waals surface area contributed by atoms with Gasteiger partial charge in [-0.3, -0.25) is 4.89 Å². The molecule has 0 saturated carbocycles. The monoisotopic (exact) mass is 442 g/mol. The van der Waals surface area contributed by atoms with E-state index in [1.165, 1.54) is 109 Å². The summed E-state index contributed by atoms with van der Waals surface area (Å²) in [7, 11) is 6.26. The summed E-state index contributed by atoms with van der Waals surface area (Å²) < 4.78 is 0.802. The highest BCUT2D eigenvalue weighted by Gasteiger charge is 2.08. The summed E-state index contributed by atoms with van der Waals surface area (Å²) in [6, 6.07) is 0. The van der Waals surface area contributed by atoms with Gasteiger partial charge in [-0.25, -0.2) is 4.79 Å². The van der Waals surface area contributed by atoms with Crippen molar-refractivity contribution >= 4 is 5.97 Å². The molecule has 0 aliphatic rings. The molecule has 0 aliphatic carbocycles. The Hall–Kier alpha value is -0.610. The molecule has 0 bridgehead atoms. The average Bonchev–Trinajstić information content (AvgIpc) is 2.72. The van der Waals surface area contributed by atoms with E-state index in [1.807, 2.05) is 0 Å². The van der Waals surface area contributed by atoms with E-state index in [1.54, 1.807) is 0 Å². The number of hydrogen-bond donors (Lipinski definition) is 0. The number of likely N-dealkylation sites (N-methyl/N-ethyl adjacent to an activating group) is 1. The van der Waals surface area contributed by atoms with Crippen LogP contribution in [0, 0.1) is 0 Å². The third-order valence-electron chi connectivity index (χ3n) is 5.98. The summed E-state index contributed by atoms with van der Waals surface area (Å²) in [5.74, 6) is -0.228. The highest BCUT2D eigenvalue weighted by atomic mass is 17.2. The molecule has 0 aromatic carbocycles. The minimum absolute atomic E-state index is 0.228. The van der Waals surface area contributed by atoms with Gasteiger partial charge in [0.15, 0.2) is 0 Å². The highest BCUT2D eigenvalue weighted by Crippen LogP contribution is 2.14. The summed E-state index contributed by atoms with van der Waals surface area (Å²) in [6.07, 6.45) is 26.3. The van der Waals surface area contributed by atoms with Crippen molar-refractivity contribution in [2.24, 2.45) is 0 Å². The molecule has 0 heterocycles. The topological polar surface area (TPSA) is 35.5 Å². The molecule has 0 N–H and O–H groups in total. The smallest absolute Gasteiger partial charge is 0.329 e. The first-order valence-electron chi connectivity index (χ1n) is 13.6. The van der Waals surface area contributed by atoms with Crippen LogP contribution in [-0.2, 0) is 14.6 Å². The molecule has 0 radical (unpaired) electrons. The molecule has 4 nitrogen and oxygen atoms in total. The Morgan fingerprint density at radius 1 is 0.581 bits per heavy atom. The van der Waals surface area contributed by atoms with Gasteiger partial charge in [-0.05, 0) is 6.42 Å². The van der Waals surface area contributed by atoms with Crippen LogP contribution in [0.2, 0.25) is 0 Å². The highest BCUT2D eigenvalue weighted by molar-refractivity contribution is 5.68. The van der Waals surface area contributed by atoms with Crippen molar-refractivity contribution in [3.05, 3.63) is 0 Å². The van der Waals surface area contributed by atoms with Gasteiger partial charge in [-0.15, -0.1) is 0 Å². The summed E-state index contributed by atoms with van der Waals surface area (Å²) in [5.41, 5.74) is 0. The predicted octanol–water partition coefficient (Wildman–Crippen LogP) is 7.99. The Balaban J connectivity index is 3.14. The van der Waals surface area contributed by atoms with Crippen LogP contribution in [0.4, 0.5) is 0 Å². The summed E-state index contributed by atoms with van der Waals surface area (Å²) in [6.45, 7) is 3.57. The van der Waals surface area contributed by atoms with Crippen LogP contribution >= 0.6 is 0 Å². The third-order valence-corrected chi connectivity index (χ3v) is 5.98. The molecule has 0 rings (SSSR count). The van der Waals surface area contributed by atoms with Gasteiger partial charge in [-0.1, -0.05) is 122 Å². The van der Waals surface area contributed by atoms with Crippen LogP contribution in [0.5, 0.6) is 0 Å². The maximum atomic E-state index is 11.6. The first kappa shape index (κ1) is 30.4. The Kier molecular flexibility index (Phi) is 22.1. The van der Waals surface area contributed by atoms with Crippen molar-refractivity contribution in [1.29, 1.82) is 0 Å². The fourth-order valence-corrected chi connectivity index (χ4v) is 3.81. The minimum atomic E-state index is -0.228. The first-order valence-corrected chi connectivity index (χ1v) is 13.6. The number of quaternary nitrogens is 1. The number of rotatable bonds is 24. The van der Waals surface area contributed by atoms with E-state index in [2.05, 4.69) is 28.1 Å². The lowest BCUT2D eigenvalue weighted by atomic mass is 10.0. The van der Waals surface area contributed by atoms with Crippen molar-refractivity contribution in [3.8, 4) is 0 Å². The second kappa shape index (κ2) is 22.6. The number of hydrogen-bond acceptors (Lipinski definition) is 3. The molecular weight excluding hydrogens is 386 g/mol. The summed E-state index contributed by atoms with van der Waals surface area (Å²) >= 11 is 0. The van der Waals surface area contributed by atoms with Crippen LogP contribution in [0.1, 0.15) is 135 Å². The van der Waals surface area contributed by atoms with Gasteiger partial charge < -0.3 is 4.48 Å². The second-order valence-electron chi connectivity index (χ2n) is 10.4. The fourth-order valence-electron chi connectivity index (χ4n) is 3.81. The van der Waals surface area contributed by atoms with E-state index in [0.717, 1.165) is 23.9 Å². The van der Waals surface area contributed by atoms with Gasteiger partial charge in [0.2, 0.25) is 0 Å². The Labute approximate surface area is 195 Å². The molecule has 0 spiro atoms. The molecule has 4 heteroatoms. The molecule has 0 aromatic rings. The molecule has 186 valence electrons. The van der Waals surface area contributed by atoms with E-state index < -0.39 is 0 Å². The lowest BCUT2D eigenvalue weighted by molar-refractivity contribution is -0.871. The van der Waals surface area contributed by atoms with Gasteiger partial charge in [-0.2, -0.15) is 4.89 Å². The maximum Gasteiger partial charge on any atom is 0.342 e. The third kappa shape index (κ3) is 27.4. The number of unbranched alkanes of at least 4 members (excludes halogenated alkanes) is 18. The molecular formula is C27H56NO3+. The van der Waals surface area contributed by atoms with Crippen molar-refractivity contribution < 1.29 is 19.1 Å². The molecule has 0 aliphatic heterocycles. The van der Waals surface area contributed by atoms with E-state index >= 15 is 0 Å². The molecule has 0 saturated heterocycles. The zero-order valence-electron chi connectivity index (χ0n) is 21.7. The molecule has 0 atom stereocenters. The van der Waals surface area contributed by atoms with Crippen LogP contribution in [0.25, 0.3) is 0 Å². The fraction of sp³-hybridized carbons (Fsp3) is 0.963. The average molecular weight is 443 g/mol. The summed E-state index contributed by atoms with van der Waals surface area (Å²) in [5, 5.41) is 0. The molecule has 0 fully saturated rings. The van der Waals surface area contributed by atoms with Gasteiger partial charge in [0.1, 0.15) is 13.2 Å². The van der Waals surface area contributed by atoms with Crippen LogP contribution in [-0.4, -0.2) is 44.7 Å². The van der Waals surface area contributed by atoms with Crippen LogP contribution in [0.3, 0.4) is 0 Å². The SMILES string of the molecule is CCCCCCCCCCCCCCCCCCCCCC(=O)OOCC[N+](C)(C)C. The first-order chi connectivity index (χ1) is 15.0. The molecule has 31 heavy (non-hydrogen) atoms. The predicted molar refractivity (Wildman–Crippen MR) is 133 cm³/mol. The van der Waals surface area contributed by atoms with E-state index in [9.17, 15) is 4.79 Å². The van der Waals surface area contributed by atoms with Crippen molar-refractivity contribution in [2.75, 3.05) is 34.3 Å². The van der Waals surface area contributed by atoms with Crippen molar-refractivity contribution in [1.82, 2.24) is 0 Å². The van der Waals surface area contributed by atoms with E-state index in [4.69, 9.17) is 9.78 Å². The lowest BCUT2D eigenvalue weighted by Crippen LogP contribution is -2.37. The van der Waals surface area contributed by atoms with Gasteiger partial charge in [0.05, 0.1) is 21.1 Å². The Bertz CT molecular complexity index is 379. The Morgan fingerprint density at radius 3 is 1.29 bits per heavy atom. The minimum Gasteiger partial charge on any atom is -0.329 e. The van der Waals surface area contributed by atoms with Crippen molar-refractivity contribution in [3.63, 3.8) is 0 Å². The Morgan fingerprint density at radius 2 is 0.935 bits per heavy atom. The molecule has 0 unspecified atom stereocenters. The normalized spacial score (nSPS) is 11.7. The van der Waals surface area contributed by atoms with Crippen LogP contribution < -0.4 is 0 Å². The molecule has 0 aromatic heterocycles. The second-order valence-corrected chi connectivity index (χ2v) is 10.4. The van der Waals surface area contributed by atoms with Crippen LogP contribution in [0.15, 0.2) is 0 Å². The zero-order valence-corrected chi connectivity index (χ0v) is 21.7.